The lowest BCUT2D eigenvalue weighted by Crippen LogP contribution is -2.16. The predicted molar refractivity (Wildman–Crippen MR) is 104 cm³/mol. The average Bonchev–Trinajstić information content (AvgIpc) is 3.26. The molecule has 1 amide bonds. The number of unbranched alkanes of at least 4 members (excludes halogenated alkanes) is 1. The number of aryl methyl sites for hydroxylation is 1. The molecule has 0 radical (unpaired) electrons. The monoisotopic (exact) mass is 385 g/mol. The quantitative estimate of drug-likeness (QED) is 0.341. The molecule has 140 valence electrons. The fraction of sp³-hybridized carbons (Fsp3) is 0.263. The van der Waals surface area contributed by atoms with E-state index in [1.165, 1.54) is 23.0 Å². The lowest BCUT2D eigenvalue weighted by atomic mass is 10.1. The van der Waals surface area contributed by atoms with Gasteiger partial charge in [-0.05, 0) is 36.6 Å². The summed E-state index contributed by atoms with van der Waals surface area (Å²) in [5, 5.41) is 10.7. The van der Waals surface area contributed by atoms with Gasteiger partial charge in [0.25, 0.3) is 0 Å². The molecule has 0 saturated carbocycles. The number of furan rings is 1. The number of hydrogen-bond donors (Lipinski definition) is 0. The molecular weight excluding hydrogens is 366 g/mol. The van der Waals surface area contributed by atoms with E-state index in [1.807, 2.05) is 10.6 Å². The SMILES string of the molecule is C=CCn1c(=NC(=O)c2ccc([N+](=O)[O-])o2)sc2cc(CCCC)ccc21. The Bertz CT molecular complexity index is 1070. The van der Waals surface area contributed by atoms with Gasteiger partial charge < -0.3 is 8.98 Å². The number of nitrogens with zero attached hydrogens (tertiary/aromatic N) is 3. The molecule has 0 aliphatic rings. The summed E-state index contributed by atoms with van der Waals surface area (Å²) in [6, 6.07) is 8.65. The molecule has 2 aromatic heterocycles. The highest BCUT2D eigenvalue weighted by Crippen LogP contribution is 2.21. The van der Waals surface area contributed by atoms with Gasteiger partial charge >= 0.3 is 11.8 Å². The van der Waals surface area contributed by atoms with Crippen LogP contribution in [0.4, 0.5) is 5.88 Å². The molecule has 0 fully saturated rings. The van der Waals surface area contributed by atoms with Crippen LogP contribution >= 0.6 is 11.3 Å². The van der Waals surface area contributed by atoms with Crippen LogP contribution in [0.1, 0.15) is 35.9 Å². The second-order valence-electron chi connectivity index (χ2n) is 6.00. The highest BCUT2D eigenvalue weighted by molar-refractivity contribution is 7.16. The summed E-state index contributed by atoms with van der Waals surface area (Å²) in [6.07, 6.45) is 4.99. The maximum absolute atomic E-state index is 12.4. The van der Waals surface area contributed by atoms with Gasteiger partial charge in [-0.2, -0.15) is 4.99 Å². The van der Waals surface area contributed by atoms with Gasteiger partial charge in [-0.25, -0.2) is 0 Å². The summed E-state index contributed by atoms with van der Waals surface area (Å²) in [7, 11) is 0. The fourth-order valence-corrected chi connectivity index (χ4v) is 3.83. The number of hydrogen-bond acceptors (Lipinski definition) is 5. The number of amides is 1. The first-order chi connectivity index (χ1) is 13.0. The zero-order valence-electron chi connectivity index (χ0n) is 14.9. The second kappa shape index (κ2) is 8.13. The van der Waals surface area contributed by atoms with Crippen molar-refractivity contribution in [3.63, 3.8) is 0 Å². The molecule has 3 rings (SSSR count). The van der Waals surface area contributed by atoms with Crippen LogP contribution in [0.25, 0.3) is 10.2 Å². The number of nitro groups is 1. The topological polar surface area (TPSA) is 90.6 Å². The van der Waals surface area contributed by atoms with Crippen molar-refractivity contribution in [1.29, 1.82) is 0 Å². The minimum absolute atomic E-state index is 0.159. The smallest absolute Gasteiger partial charge is 0.395 e. The molecule has 0 aliphatic heterocycles. The lowest BCUT2D eigenvalue weighted by molar-refractivity contribution is -0.402. The van der Waals surface area contributed by atoms with Crippen molar-refractivity contribution >= 4 is 33.3 Å². The lowest BCUT2D eigenvalue weighted by Gasteiger charge is -2.03. The normalized spacial score (nSPS) is 11.8. The molecule has 0 unspecified atom stereocenters. The number of fused-ring (bicyclic) bond motifs is 1. The summed E-state index contributed by atoms with van der Waals surface area (Å²) in [5.41, 5.74) is 2.22. The number of carbonyl (C=O) groups excluding carboxylic acids is 1. The highest BCUT2D eigenvalue weighted by atomic mass is 32.1. The third kappa shape index (κ3) is 4.06. The van der Waals surface area contributed by atoms with Crippen LogP contribution < -0.4 is 4.80 Å². The molecule has 2 heterocycles. The first kappa shape index (κ1) is 18.8. The maximum Gasteiger partial charge on any atom is 0.433 e. The number of rotatable bonds is 7. The Hall–Kier alpha value is -3.00. The summed E-state index contributed by atoms with van der Waals surface area (Å²) in [6.45, 7) is 6.42. The highest BCUT2D eigenvalue weighted by Gasteiger charge is 2.17. The van der Waals surface area contributed by atoms with Crippen LogP contribution in [-0.2, 0) is 13.0 Å². The van der Waals surface area contributed by atoms with Crippen LogP contribution in [0.15, 0.2) is 52.4 Å². The Morgan fingerprint density at radius 1 is 1.41 bits per heavy atom. The Balaban J connectivity index is 2.03. The molecule has 8 heteroatoms. The molecule has 0 aliphatic carbocycles. The van der Waals surface area contributed by atoms with Gasteiger partial charge in [-0.15, -0.1) is 6.58 Å². The van der Waals surface area contributed by atoms with E-state index in [-0.39, 0.29) is 5.76 Å². The van der Waals surface area contributed by atoms with Crippen LogP contribution in [0.2, 0.25) is 0 Å². The van der Waals surface area contributed by atoms with E-state index in [1.54, 1.807) is 6.08 Å². The van der Waals surface area contributed by atoms with Crippen molar-refractivity contribution in [1.82, 2.24) is 4.57 Å². The van der Waals surface area contributed by atoms with Crippen molar-refractivity contribution in [2.24, 2.45) is 4.99 Å². The van der Waals surface area contributed by atoms with Crippen molar-refractivity contribution in [2.45, 2.75) is 32.7 Å². The second-order valence-corrected chi connectivity index (χ2v) is 7.01. The van der Waals surface area contributed by atoms with Crippen molar-refractivity contribution in [3.05, 3.63) is 69.2 Å². The van der Waals surface area contributed by atoms with E-state index >= 15 is 0 Å². The molecule has 3 aromatic rings. The van der Waals surface area contributed by atoms with Gasteiger partial charge in [0, 0.05) is 6.54 Å². The van der Waals surface area contributed by atoms with Crippen molar-refractivity contribution < 1.29 is 14.1 Å². The summed E-state index contributed by atoms with van der Waals surface area (Å²) < 4.78 is 7.87. The molecule has 0 atom stereocenters. The Kier molecular flexibility index (Phi) is 5.66. The first-order valence-corrected chi connectivity index (χ1v) is 9.41. The van der Waals surface area contributed by atoms with E-state index in [0.717, 1.165) is 35.5 Å². The summed E-state index contributed by atoms with van der Waals surface area (Å²) in [4.78, 5) is 27.0. The number of thiazole rings is 1. The van der Waals surface area contributed by atoms with Gasteiger partial charge in [-0.1, -0.05) is 36.8 Å². The Morgan fingerprint density at radius 3 is 2.89 bits per heavy atom. The summed E-state index contributed by atoms with van der Waals surface area (Å²) >= 11 is 1.40. The van der Waals surface area contributed by atoms with Crippen LogP contribution in [0.5, 0.6) is 0 Å². The van der Waals surface area contributed by atoms with E-state index in [0.29, 0.717) is 11.3 Å². The van der Waals surface area contributed by atoms with Crippen molar-refractivity contribution in [2.75, 3.05) is 0 Å². The Morgan fingerprint density at radius 2 is 2.22 bits per heavy atom. The molecular formula is C19H19N3O4S. The Labute approximate surface area is 159 Å². The molecule has 0 bridgehead atoms. The fourth-order valence-electron chi connectivity index (χ4n) is 2.73. The minimum Gasteiger partial charge on any atom is -0.395 e. The van der Waals surface area contributed by atoms with Crippen LogP contribution in [-0.4, -0.2) is 15.4 Å². The average molecular weight is 385 g/mol. The molecule has 0 N–H and O–H groups in total. The van der Waals surface area contributed by atoms with Gasteiger partial charge in [0.05, 0.1) is 16.3 Å². The van der Waals surface area contributed by atoms with Gasteiger partial charge in [0.15, 0.2) is 4.80 Å². The number of aromatic nitrogens is 1. The standard InChI is InChI=1S/C19H19N3O4S/c1-3-5-6-13-7-8-14-16(12-13)27-19(21(14)11-4-2)20-18(23)15-9-10-17(26-15)22(24)25/h4,7-10,12H,2-3,5-6,11H2,1H3. The van der Waals surface area contributed by atoms with Gasteiger partial charge in [0.1, 0.15) is 4.92 Å². The van der Waals surface area contributed by atoms with E-state index < -0.39 is 16.7 Å². The van der Waals surface area contributed by atoms with E-state index in [4.69, 9.17) is 4.42 Å². The third-order valence-corrected chi connectivity index (χ3v) is 5.10. The van der Waals surface area contributed by atoms with Gasteiger partial charge in [-0.3, -0.25) is 14.9 Å². The molecule has 7 nitrogen and oxygen atoms in total. The molecule has 0 saturated heterocycles. The number of allylic oxidation sites excluding steroid dienone is 1. The van der Waals surface area contributed by atoms with Crippen LogP contribution in [0, 0.1) is 10.1 Å². The summed E-state index contributed by atoms with van der Waals surface area (Å²) in [5.74, 6) is -1.30. The largest absolute Gasteiger partial charge is 0.433 e. The maximum atomic E-state index is 12.4. The minimum atomic E-state index is -0.689. The van der Waals surface area contributed by atoms with E-state index in [9.17, 15) is 14.9 Å². The third-order valence-electron chi connectivity index (χ3n) is 4.06. The predicted octanol–water partition coefficient (Wildman–Crippen LogP) is 4.47. The first-order valence-electron chi connectivity index (χ1n) is 8.60. The molecule has 1 aromatic carbocycles. The van der Waals surface area contributed by atoms with Crippen LogP contribution in [0.3, 0.4) is 0 Å². The van der Waals surface area contributed by atoms with E-state index in [2.05, 4.69) is 30.6 Å². The molecule has 27 heavy (non-hydrogen) atoms. The number of carbonyl (C=O) groups is 1. The molecule has 0 spiro atoms. The zero-order chi connectivity index (χ0) is 19.4. The van der Waals surface area contributed by atoms with Gasteiger partial charge in [0.2, 0.25) is 5.76 Å². The number of benzene rings is 1. The van der Waals surface area contributed by atoms with Crippen molar-refractivity contribution in [3.8, 4) is 0 Å². The zero-order valence-corrected chi connectivity index (χ0v) is 15.7.